The zero-order valence-electron chi connectivity index (χ0n) is 18.0. The van der Waals surface area contributed by atoms with Crippen molar-refractivity contribution in [2.24, 2.45) is 5.92 Å². The van der Waals surface area contributed by atoms with Crippen LogP contribution >= 0.6 is 0 Å². The van der Waals surface area contributed by atoms with Gasteiger partial charge in [-0.3, -0.25) is 9.88 Å². The molecule has 1 aliphatic heterocycles. The number of hydrogen-bond donors (Lipinski definition) is 0. The minimum Gasteiger partial charge on any atom is -0.304 e. The van der Waals surface area contributed by atoms with E-state index in [9.17, 15) is 4.39 Å². The lowest BCUT2D eigenvalue weighted by molar-refractivity contribution is 0.127. The lowest BCUT2D eigenvalue weighted by Gasteiger charge is -2.35. The highest BCUT2D eigenvalue weighted by molar-refractivity contribution is 5.79. The number of imidazole rings is 1. The van der Waals surface area contributed by atoms with Gasteiger partial charge in [0.15, 0.2) is 5.65 Å². The van der Waals surface area contributed by atoms with Crippen molar-refractivity contribution in [1.29, 1.82) is 5.26 Å². The van der Waals surface area contributed by atoms with E-state index in [1.165, 1.54) is 17.8 Å². The number of nitriles is 1. The van der Waals surface area contributed by atoms with Crippen LogP contribution in [0.15, 0.2) is 42.7 Å². The van der Waals surface area contributed by atoms with Crippen LogP contribution in [-0.2, 0) is 13.1 Å². The van der Waals surface area contributed by atoms with E-state index in [-0.39, 0.29) is 5.92 Å². The van der Waals surface area contributed by atoms with Crippen LogP contribution in [0.3, 0.4) is 0 Å². The van der Waals surface area contributed by atoms with E-state index in [1.54, 1.807) is 6.20 Å². The number of benzene rings is 1. The summed E-state index contributed by atoms with van der Waals surface area (Å²) in [6.45, 7) is 6.82. The van der Waals surface area contributed by atoms with Crippen LogP contribution in [0.4, 0.5) is 4.39 Å². The van der Waals surface area contributed by atoms with Gasteiger partial charge in [0.05, 0.1) is 30.4 Å². The molecular formula is C24H22FN7. The summed E-state index contributed by atoms with van der Waals surface area (Å²) in [6, 6.07) is 12.2. The topological polar surface area (TPSA) is 83.5 Å². The Morgan fingerprint density at radius 3 is 2.44 bits per heavy atom. The molecule has 0 aliphatic carbocycles. The second-order valence-electron chi connectivity index (χ2n) is 8.28. The van der Waals surface area contributed by atoms with Gasteiger partial charge in [0.25, 0.3) is 0 Å². The first-order chi connectivity index (χ1) is 15.5. The first kappa shape index (κ1) is 20.2. The second kappa shape index (κ2) is 8.09. The first-order valence-electron chi connectivity index (χ1n) is 10.5. The zero-order valence-corrected chi connectivity index (χ0v) is 18.0. The summed E-state index contributed by atoms with van der Waals surface area (Å²) in [5.41, 5.74) is 5.12. The predicted molar refractivity (Wildman–Crippen MR) is 118 cm³/mol. The van der Waals surface area contributed by atoms with Gasteiger partial charge < -0.3 is 4.57 Å². The third kappa shape index (κ3) is 3.83. The Bertz CT molecular complexity index is 1330. The van der Waals surface area contributed by atoms with E-state index in [0.29, 0.717) is 29.3 Å². The third-order valence-electron chi connectivity index (χ3n) is 5.75. The summed E-state index contributed by atoms with van der Waals surface area (Å²) >= 11 is 0. The summed E-state index contributed by atoms with van der Waals surface area (Å²) in [5.74, 6) is 1.03. The quantitative estimate of drug-likeness (QED) is 0.483. The highest BCUT2D eigenvalue weighted by Crippen LogP contribution is 2.27. The molecule has 1 fully saturated rings. The molecule has 1 aromatic carbocycles. The Kier molecular flexibility index (Phi) is 5.11. The molecule has 0 atom stereocenters. The number of rotatable bonds is 5. The maximum atomic E-state index is 13.9. The molecule has 0 N–H and O–H groups in total. The average Bonchev–Trinajstić information content (AvgIpc) is 3.10. The Morgan fingerprint density at radius 2 is 1.75 bits per heavy atom. The van der Waals surface area contributed by atoms with Crippen molar-refractivity contribution in [2.45, 2.75) is 26.9 Å². The summed E-state index contributed by atoms with van der Waals surface area (Å²) < 4.78 is 15.9. The average molecular weight is 427 g/mol. The number of aromatic nitrogens is 5. The van der Waals surface area contributed by atoms with Gasteiger partial charge in [-0.15, -0.1) is 0 Å². The Morgan fingerprint density at radius 1 is 1.03 bits per heavy atom. The van der Waals surface area contributed by atoms with Crippen LogP contribution in [-0.4, -0.2) is 42.5 Å². The fourth-order valence-corrected chi connectivity index (χ4v) is 4.15. The Labute approximate surface area is 185 Å². The molecule has 160 valence electrons. The molecule has 5 rings (SSSR count). The molecule has 0 unspecified atom stereocenters. The van der Waals surface area contributed by atoms with Crippen LogP contribution in [0.25, 0.3) is 22.6 Å². The van der Waals surface area contributed by atoms with Gasteiger partial charge in [0.1, 0.15) is 23.0 Å². The summed E-state index contributed by atoms with van der Waals surface area (Å²) in [4.78, 5) is 20.1. The van der Waals surface area contributed by atoms with E-state index in [1.807, 2.05) is 18.4 Å². The molecule has 0 amide bonds. The number of pyridine rings is 1. The van der Waals surface area contributed by atoms with Gasteiger partial charge >= 0.3 is 0 Å². The van der Waals surface area contributed by atoms with E-state index >= 15 is 0 Å². The maximum Gasteiger partial charge on any atom is 0.164 e. The number of aryl methyl sites for hydroxylation is 2. The molecule has 7 nitrogen and oxygen atoms in total. The molecule has 0 spiro atoms. The predicted octanol–water partition coefficient (Wildman–Crippen LogP) is 3.65. The highest BCUT2D eigenvalue weighted by Gasteiger charge is 2.26. The van der Waals surface area contributed by atoms with Crippen molar-refractivity contribution >= 4 is 11.2 Å². The highest BCUT2D eigenvalue weighted by atomic mass is 19.1. The van der Waals surface area contributed by atoms with Crippen LogP contribution < -0.4 is 0 Å². The van der Waals surface area contributed by atoms with Crippen LogP contribution in [0.2, 0.25) is 0 Å². The number of halogens is 1. The van der Waals surface area contributed by atoms with Gasteiger partial charge in [-0.1, -0.05) is 24.3 Å². The number of hydrogen-bond acceptors (Lipinski definition) is 6. The lowest BCUT2D eigenvalue weighted by Crippen LogP contribution is -2.45. The van der Waals surface area contributed by atoms with Crippen molar-refractivity contribution in [3.05, 3.63) is 71.2 Å². The summed E-state index contributed by atoms with van der Waals surface area (Å²) in [5, 5.41) is 8.94. The summed E-state index contributed by atoms with van der Waals surface area (Å²) in [7, 11) is 0. The fourth-order valence-electron chi connectivity index (χ4n) is 4.15. The zero-order chi connectivity index (χ0) is 22.2. The van der Waals surface area contributed by atoms with Crippen molar-refractivity contribution in [3.8, 4) is 17.5 Å². The molecular weight excluding hydrogens is 405 g/mol. The maximum absolute atomic E-state index is 13.9. The SMILES string of the molecule is Cc1nc(C)c2nc(-c3cncc(F)c3)n(Cc3ccc(CN4CC(C#N)C4)cc3)c2n1. The Hall–Kier alpha value is -3.70. The fraction of sp³-hybridized carbons (Fsp3) is 0.292. The largest absolute Gasteiger partial charge is 0.304 e. The van der Waals surface area contributed by atoms with E-state index in [2.05, 4.69) is 50.2 Å². The van der Waals surface area contributed by atoms with E-state index in [0.717, 1.165) is 36.5 Å². The monoisotopic (exact) mass is 427 g/mol. The molecule has 0 bridgehead atoms. The van der Waals surface area contributed by atoms with Crippen LogP contribution in [0.1, 0.15) is 22.6 Å². The standard InChI is InChI=1S/C24H22FN7/c1-15-22-24(29-16(2)28-15)32(23(30-22)20-7-21(25)10-27-9-20)14-18-5-3-17(4-6-18)11-31-12-19(8-26)13-31/h3-7,9-10,19H,11-14H2,1-2H3. The molecule has 1 saturated heterocycles. The lowest BCUT2D eigenvalue weighted by atomic mass is 10.0. The Balaban J connectivity index is 1.48. The minimum atomic E-state index is -0.408. The summed E-state index contributed by atoms with van der Waals surface area (Å²) in [6.07, 6.45) is 2.79. The third-order valence-corrected chi connectivity index (χ3v) is 5.75. The molecule has 4 heterocycles. The van der Waals surface area contributed by atoms with Crippen LogP contribution in [0.5, 0.6) is 0 Å². The molecule has 8 heteroatoms. The molecule has 0 radical (unpaired) electrons. The van der Waals surface area contributed by atoms with Gasteiger partial charge in [-0.25, -0.2) is 19.3 Å². The number of fused-ring (bicyclic) bond motifs is 1. The van der Waals surface area contributed by atoms with Gasteiger partial charge in [-0.2, -0.15) is 5.26 Å². The molecule has 1 aliphatic rings. The molecule has 3 aromatic heterocycles. The van der Waals surface area contributed by atoms with E-state index in [4.69, 9.17) is 10.2 Å². The first-order valence-corrected chi connectivity index (χ1v) is 10.5. The second-order valence-corrected chi connectivity index (χ2v) is 8.28. The van der Waals surface area contributed by atoms with Crippen molar-refractivity contribution in [1.82, 2.24) is 29.4 Å². The van der Waals surface area contributed by atoms with Crippen LogP contribution in [0, 0.1) is 36.9 Å². The molecule has 32 heavy (non-hydrogen) atoms. The molecule has 0 saturated carbocycles. The van der Waals surface area contributed by atoms with Gasteiger partial charge in [0, 0.05) is 31.4 Å². The van der Waals surface area contributed by atoms with Gasteiger partial charge in [0.2, 0.25) is 0 Å². The molecule has 4 aromatic rings. The minimum absolute atomic E-state index is 0.161. The van der Waals surface area contributed by atoms with Crippen molar-refractivity contribution in [3.63, 3.8) is 0 Å². The number of likely N-dealkylation sites (tertiary alicyclic amines) is 1. The van der Waals surface area contributed by atoms with Crippen molar-refractivity contribution in [2.75, 3.05) is 13.1 Å². The smallest absolute Gasteiger partial charge is 0.164 e. The van der Waals surface area contributed by atoms with E-state index < -0.39 is 5.82 Å². The van der Waals surface area contributed by atoms with Crippen molar-refractivity contribution < 1.29 is 4.39 Å². The normalized spacial score (nSPS) is 14.4. The number of nitrogens with zero attached hydrogens (tertiary/aromatic N) is 7. The van der Waals surface area contributed by atoms with Gasteiger partial charge in [-0.05, 0) is 31.0 Å².